The summed E-state index contributed by atoms with van der Waals surface area (Å²) >= 11 is 0. The van der Waals surface area contributed by atoms with Gasteiger partial charge in [0, 0.05) is 0 Å². The standard InChI is InChI=1S/C15H24FO3P/c1-11(2)18-20(17,19-12(3)4)10-13(5)14-6-8-15(16)9-7-14/h6-9,11-13H,10H2,1-5H3/t13-/m1/s1. The fraction of sp³-hybridized carbons (Fsp3) is 0.600. The normalized spacial score (nSPS) is 14.0. The molecule has 0 heterocycles. The molecule has 114 valence electrons. The molecule has 0 radical (unpaired) electrons. The highest BCUT2D eigenvalue weighted by atomic mass is 31.2. The molecule has 0 N–H and O–H groups in total. The Labute approximate surface area is 121 Å². The average molecular weight is 302 g/mol. The van der Waals surface area contributed by atoms with Crippen molar-refractivity contribution in [3.63, 3.8) is 0 Å². The van der Waals surface area contributed by atoms with E-state index in [2.05, 4.69) is 0 Å². The van der Waals surface area contributed by atoms with Crippen molar-refractivity contribution in [1.29, 1.82) is 0 Å². The Morgan fingerprint density at radius 1 is 1.00 bits per heavy atom. The van der Waals surface area contributed by atoms with Crippen LogP contribution in [0.3, 0.4) is 0 Å². The van der Waals surface area contributed by atoms with Crippen LogP contribution in [-0.4, -0.2) is 18.4 Å². The molecule has 0 aliphatic carbocycles. The lowest BCUT2D eigenvalue weighted by atomic mass is 10.0. The molecule has 1 aromatic carbocycles. The van der Waals surface area contributed by atoms with Gasteiger partial charge in [0.15, 0.2) is 0 Å². The molecule has 0 aromatic heterocycles. The van der Waals surface area contributed by atoms with Crippen LogP contribution in [0.5, 0.6) is 0 Å². The molecule has 0 saturated carbocycles. The van der Waals surface area contributed by atoms with Crippen molar-refractivity contribution in [2.45, 2.75) is 52.7 Å². The molecule has 0 amide bonds. The van der Waals surface area contributed by atoms with Gasteiger partial charge in [-0.05, 0) is 51.3 Å². The lowest BCUT2D eigenvalue weighted by molar-refractivity contribution is 0.142. The third kappa shape index (κ3) is 5.74. The summed E-state index contributed by atoms with van der Waals surface area (Å²) < 4.78 is 36.7. The maximum absolute atomic E-state index is 12.9. The summed E-state index contributed by atoms with van der Waals surface area (Å²) in [5.74, 6) is -0.306. The van der Waals surface area contributed by atoms with Crippen molar-refractivity contribution in [3.8, 4) is 0 Å². The first-order valence-electron chi connectivity index (χ1n) is 6.93. The molecular formula is C15H24FO3P. The first kappa shape index (κ1) is 17.4. The molecule has 0 bridgehead atoms. The van der Waals surface area contributed by atoms with Gasteiger partial charge in [-0.25, -0.2) is 4.39 Å². The zero-order valence-electron chi connectivity index (χ0n) is 12.8. The minimum absolute atomic E-state index is 0.0288. The van der Waals surface area contributed by atoms with Crippen molar-refractivity contribution in [1.82, 2.24) is 0 Å². The van der Waals surface area contributed by atoms with Gasteiger partial charge in [-0.1, -0.05) is 19.1 Å². The molecule has 1 atom stereocenters. The van der Waals surface area contributed by atoms with Crippen molar-refractivity contribution in [3.05, 3.63) is 35.6 Å². The van der Waals surface area contributed by atoms with Gasteiger partial charge in [0.2, 0.25) is 0 Å². The zero-order chi connectivity index (χ0) is 15.3. The molecule has 1 aromatic rings. The Bertz CT molecular complexity index is 443. The predicted molar refractivity (Wildman–Crippen MR) is 79.7 cm³/mol. The minimum atomic E-state index is -3.16. The van der Waals surface area contributed by atoms with Gasteiger partial charge in [-0.2, -0.15) is 0 Å². The van der Waals surface area contributed by atoms with Crippen LogP contribution in [0.15, 0.2) is 24.3 Å². The van der Waals surface area contributed by atoms with Crippen LogP contribution in [-0.2, 0) is 13.6 Å². The maximum Gasteiger partial charge on any atom is 0.331 e. The van der Waals surface area contributed by atoms with Crippen LogP contribution < -0.4 is 0 Å². The predicted octanol–water partition coefficient (Wildman–Crippen LogP) is 4.97. The van der Waals surface area contributed by atoms with Gasteiger partial charge in [0.1, 0.15) is 5.82 Å². The van der Waals surface area contributed by atoms with Gasteiger partial charge < -0.3 is 9.05 Å². The Morgan fingerprint density at radius 3 is 1.85 bits per heavy atom. The third-order valence-corrected chi connectivity index (χ3v) is 5.16. The maximum atomic E-state index is 12.9. The van der Waals surface area contributed by atoms with Crippen LogP contribution in [0.25, 0.3) is 0 Å². The largest absolute Gasteiger partial charge is 0.331 e. The molecule has 20 heavy (non-hydrogen) atoms. The topological polar surface area (TPSA) is 35.5 Å². The number of hydrogen-bond donors (Lipinski definition) is 0. The summed E-state index contributed by atoms with van der Waals surface area (Å²) in [6.07, 6.45) is -0.0466. The van der Waals surface area contributed by atoms with Gasteiger partial charge in [0.05, 0.1) is 18.4 Å². The molecule has 0 fully saturated rings. The lowest BCUT2D eigenvalue weighted by Crippen LogP contribution is -2.13. The molecule has 1 rings (SSSR count). The quantitative estimate of drug-likeness (QED) is 0.667. The number of rotatable bonds is 7. The van der Waals surface area contributed by atoms with Crippen LogP contribution in [0.1, 0.15) is 46.1 Å². The van der Waals surface area contributed by atoms with Crippen LogP contribution in [0, 0.1) is 5.82 Å². The zero-order valence-corrected chi connectivity index (χ0v) is 13.7. The second kappa shape index (κ2) is 7.35. The summed E-state index contributed by atoms with van der Waals surface area (Å²) in [6, 6.07) is 6.22. The number of hydrogen-bond acceptors (Lipinski definition) is 3. The number of benzene rings is 1. The lowest BCUT2D eigenvalue weighted by Gasteiger charge is -2.25. The summed E-state index contributed by atoms with van der Waals surface area (Å²) in [6.45, 7) is 9.27. The summed E-state index contributed by atoms with van der Waals surface area (Å²) in [5, 5.41) is 0. The van der Waals surface area contributed by atoms with Crippen molar-refractivity contribution >= 4 is 7.60 Å². The molecule has 0 aliphatic rings. The highest BCUT2D eigenvalue weighted by Gasteiger charge is 2.30. The van der Waals surface area contributed by atoms with E-state index in [0.29, 0.717) is 0 Å². The summed E-state index contributed by atoms with van der Waals surface area (Å²) in [7, 11) is -3.16. The van der Waals surface area contributed by atoms with Crippen LogP contribution in [0.2, 0.25) is 0 Å². The molecule has 0 unspecified atom stereocenters. The molecule has 0 saturated heterocycles. The fourth-order valence-electron chi connectivity index (χ4n) is 1.99. The molecule has 5 heteroatoms. The highest BCUT2D eigenvalue weighted by molar-refractivity contribution is 7.53. The summed E-state index contributed by atoms with van der Waals surface area (Å²) in [4.78, 5) is 0. The molecule has 3 nitrogen and oxygen atoms in total. The Hall–Kier alpha value is -0.700. The van der Waals surface area contributed by atoms with Gasteiger partial charge in [-0.15, -0.1) is 0 Å². The SMILES string of the molecule is CC(C)OP(=O)(C[C@@H](C)c1ccc(F)cc1)OC(C)C. The van der Waals surface area contributed by atoms with Gasteiger partial charge in [-0.3, -0.25) is 4.57 Å². The molecule has 0 aliphatic heterocycles. The third-order valence-electron chi connectivity index (χ3n) is 2.68. The van der Waals surface area contributed by atoms with E-state index in [4.69, 9.17) is 9.05 Å². The van der Waals surface area contributed by atoms with E-state index in [1.54, 1.807) is 12.1 Å². The molecular weight excluding hydrogens is 278 g/mol. The Balaban J connectivity index is 2.83. The second-order valence-corrected chi connectivity index (χ2v) is 7.56. The van der Waals surface area contributed by atoms with E-state index in [1.165, 1.54) is 12.1 Å². The van der Waals surface area contributed by atoms with Gasteiger partial charge in [0.25, 0.3) is 0 Å². The second-order valence-electron chi connectivity index (χ2n) is 5.55. The van der Waals surface area contributed by atoms with Crippen molar-refractivity contribution in [2.75, 3.05) is 6.16 Å². The van der Waals surface area contributed by atoms with Crippen LogP contribution >= 0.6 is 7.60 Å². The van der Waals surface area contributed by atoms with Gasteiger partial charge >= 0.3 is 7.60 Å². The number of halogens is 1. The van der Waals surface area contributed by atoms with Crippen molar-refractivity contribution < 1.29 is 18.0 Å². The fourth-order valence-corrected chi connectivity index (χ4v) is 4.37. The van der Waals surface area contributed by atoms with Crippen LogP contribution in [0.4, 0.5) is 4.39 Å². The smallest absolute Gasteiger partial charge is 0.306 e. The minimum Gasteiger partial charge on any atom is -0.306 e. The first-order chi connectivity index (χ1) is 9.22. The van der Waals surface area contributed by atoms with E-state index in [0.717, 1.165) is 5.56 Å². The first-order valence-corrected chi connectivity index (χ1v) is 8.66. The Morgan fingerprint density at radius 2 is 1.45 bits per heavy atom. The average Bonchev–Trinajstić information content (AvgIpc) is 2.26. The monoisotopic (exact) mass is 302 g/mol. The Kier molecular flexibility index (Phi) is 6.38. The van der Waals surface area contributed by atoms with E-state index in [9.17, 15) is 8.96 Å². The molecule has 0 spiro atoms. The van der Waals surface area contributed by atoms with Crippen molar-refractivity contribution in [2.24, 2.45) is 0 Å². The van der Waals surface area contributed by atoms with E-state index in [-0.39, 0.29) is 30.1 Å². The van der Waals surface area contributed by atoms with E-state index in [1.807, 2.05) is 34.6 Å². The van der Waals surface area contributed by atoms with E-state index >= 15 is 0 Å². The highest BCUT2D eigenvalue weighted by Crippen LogP contribution is 2.53. The van der Waals surface area contributed by atoms with E-state index < -0.39 is 7.60 Å². The summed E-state index contributed by atoms with van der Waals surface area (Å²) in [5.41, 5.74) is 0.923.